The van der Waals surface area contributed by atoms with Gasteiger partial charge < -0.3 is 15.2 Å². The van der Waals surface area contributed by atoms with E-state index in [9.17, 15) is 9.59 Å². The molecule has 0 aliphatic carbocycles. The first-order chi connectivity index (χ1) is 8.86. The molecule has 0 aliphatic rings. The second-order valence-corrected chi connectivity index (χ2v) is 4.73. The zero-order valence-corrected chi connectivity index (χ0v) is 11.9. The first kappa shape index (κ1) is 15.6. The van der Waals surface area contributed by atoms with Gasteiger partial charge in [-0.25, -0.2) is 0 Å². The molecule has 7 heteroatoms. The van der Waals surface area contributed by atoms with Gasteiger partial charge in [0.2, 0.25) is 0 Å². The molecule has 0 heterocycles. The Morgan fingerprint density at radius 1 is 1.37 bits per heavy atom. The molecule has 0 spiro atoms. The fourth-order valence-electron chi connectivity index (χ4n) is 1.30. The molecule has 19 heavy (non-hydrogen) atoms. The molecule has 1 atom stereocenters. The molecular weight excluding hydrogens is 293 g/mol. The highest BCUT2D eigenvalue weighted by molar-refractivity contribution is 6.42. The van der Waals surface area contributed by atoms with Gasteiger partial charge in [-0.2, -0.15) is 0 Å². The SMILES string of the molecule is COc1cc(Cl)c(Cl)cc1C(=O)NCC(C)C(=O)O. The van der Waals surface area contributed by atoms with E-state index in [-0.39, 0.29) is 27.9 Å². The van der Waals surface area contributed by atoms with E-state index >= 15 is 0 Å². The molecule has 1 rings (SSSR count). The van der Waals surface area contributed by atoms with Crippen molar-refractivity contribution < 1.29 is 19.4 Å². The Bertz CT molecular complexity index is 505. The van der Waals surface area contributed by atoms with E-state index in [1.165, 1.54) is 26.2 Å². The smallest absolute Gasteiger partial charge is 0.308 e. The van der Waals surface area contributed by atoms with Crippen LogP contribution in [0.1, 0.15) is 17.3 Å². The van der Waals surface area contributed by atoms with Gasteiger partial charge in [0.25, 0.3) is 5.91 Å². The number of carboxylic acids is 1. The number of ether oxygens (including phenoxy) is 1. The number of benzene rings is 1. The molecule has 1 aromatic carbocycles. The third-order valence-electron chi connectivity index (χ3n) is 2.48. The maximum Gasteiger partial charge on any atom is 0.308 e. The summed E-state index contributed by atoms with van der Waals surface area (Å²) in [5.41, 5.74) is 0.203. The Hall–Kier alpha value is -1.46. The molecule has 0 aliphatic heterocycles. The van der Waals surface area contributed by atoms with E-state index in [2.05, 4.69) is 5.32 Å². The van der Waals surface area contributed by atoms with Crippen molar-refractivity contribution in [2.75, 3.05) is 13.7 Å². The fraction of sp³-hybridized carbons (Fsp3) is 0.333. The summed E-state index contributed by atoms with van der Waals surface area (Å²) in [7, 11) is 1.40. The largest absolute Gasteiger partial charge is 0.496 e. The second-order valence-electron chi connectivity index (χ2n) is 3.92. The average molecular weight is 306 g/mol. The highest BCUT2D eigenvalue weighted by Gasteiger charge is 2.17. The maximum absolute atomic E-state index is 11.9. The number of aliphatic carboxylic acids is 1. The van der Waals surface area contributed by atoms with Crippen molar-refractivity contribution in [1.82, 2.24) is 5.32 Å². The van der Waals surface area contributed by atoms with Crippen LogP contribution in [-0.4, -0.2) is 30.6 Å². The van der Waals surface area contributed by atoms with Crippen LogP contribution in [0.25, 0.3) is 0 Å². The summed E-state index contributed by atoms with van der Waals surface area (Å²) in [5, 5.41) is 11.7. The molecule has 1 unspecified atom stereocenters. The summed E-state index contributed by atoms with van der Waals surface area (Å²) in [6, 6.07) is 2.81. The van der Waals surface area contributed by atoms with Gasteiger partial charge in [0.1, 0.15) is 5.75 Å². The van der Waals surface area contributed by atoms with Gasteiger partial charge >= 0.3 is 5.97 Å². The molecule has 0 saturated carbocycles. The van der Waals surface area contributed by atoms with Gasteiger partial charge in [-0.3, -0.25) is 9.59 Å². The van der Waals surface area contributed by atoms with Crippen LogP contribution in [-0.2, 0) is 4.79 Å². The summed E-state index contributed by atoms with van der Waals surface area (Å²) in [6.45, 7) is 1.51. The summed E-state index contributed by atoms with van der Waals surface area (Å²) >= 11 is 11.7. The number of hydrogen-bond donors (Lipinski definition) is 2. The lowest BCUT2D eigenvalue weighted by molar-refractivity contribution is -0.140. The van der Waals surface area contributed by atoms with E-state index in [4.69, 9.17) is 33.0 Å². The molecule has 0 aromatic heterocycles. The molecule has 0 saturated heterocycles. The first-order valence-electron chi connectivity index (χ1n) is 5.40. The number of carboxylic acid groups (broad SMARTS) is 1. The van der Waals surface area contributed by atoms with Gasteiger partial charge in [0, 0.05) is 12.6 Å². The van der Waals surface area contributed by atoms with Crippen LogP contribution >= 0.6 is 23.2 Å². The van der Waals surface area contributed by atoms with Crippen LogP contribution in [0.2, 0.25) is 10.0 Å². The standard InChI is InChI=1S/C12H13Cl2NO4/c1-6(12(17)18)5-15-11(16)7-3-8(13)9(14)4-10(7)19-2/h3-4,6H,5H2,1-2H3,(H,15,16)(H,17,18). The van der Waals surface area contributed by atoms with Crippen LogP contribution in [0, 0.1) is 5.92 Å². The lowest BCUT2D eigenvalue weighted by Crippen LogP contribution is -2.31. The Labute approximate surface area is 120 Å². The maximum atomic E-state index is 11.9. The average Bonchev–Trinajstić information content (AvgIpc) is 2.37. The fourth-order valence-corrected chi connectivity index (χ4v) is 1.62. The van der Waals surface area contributed by atoms with Gasteiger partial charge in [0.15, 0.2) is 0 Å². The van der Waals surface area contributed by atoms with Crippen LogP contribution in [0.15, 0.2) is 12.1 Å². The monoisotopic (exact) mass is 305 g/mol. The predicted molar refractivity (Wildman–Crippen MR) is 72.1 cm³/mol. The van der Waals surface area contributed by atoms with Gasteiger partial charge in [-0.15, -0.1) is 0 Å². The quantitative estimate of drug-likeness (QED) is 0.876. The third kappa shape index (κ3) is 4.01. The number of halogens is 2. The number of hydrogen-bond acceptors (Lipinski definition) is 3. The van der Waals surface area contributed by atoms with Gasteiger partial charge in [-0.1, -0.05) is 30.1 Å². The molecule has 0 bridgehead atoms. The van der Waals surface area contributed by atoms with Crippen molar-refractivity contribution in [2.45, 2.75) is 6.92 Å². The van der Waals surface area contributed by atoms with Crippen molar-refractivity contribution in [3.8, 4) is 5.75 Å². The highest BCUT2D eigenvalue weighted by Crippen LogP contribution is 2.30. The van der Waals surface area contributed by atoms with Gasteiger partial charge in [0.05, 0.1) is 28.6 Å². The lowest BCUT2D eigenvalue weighted by atomic mass is 10.1. The summed E-state index contributed by atoms with van der Waals surface area (Å²) in [6.07, 6.45) is 0. The number of nitrogens with one attached hydrogen (secondary N) is 1. The minimum absolute atomic E-state index is 0.0115. The molecule has 0 radical (unpaired) electrons. The number of methoxy groups -OCH3 is 1. The zero-order valence-electron chi connectivity index (χ0n) is 10.4. The molecular formula is C12H13Cl2NO4. The Morgan fingerprint density at radius 2 is 1.95 bits per heavy atom. The van der Waals surface area contributed by atoms with Crippen molar-refractivity contribution in [1.29, 1.82) is 0 Å². The first-order valence-corrected chi connectivity index (χ1v) is 6.16. The number of amides is 1. The minimum Gasteiger partial charge on any atom is -0.496 e. The van der Waals surface area contributed by atoms with Crippen molar-refractivity contribution in [3.05, 3.63) is 27.7 Å². The summed E-state index contributed by atoms with van der Waals surface area (Å²) < 4.78 is 5.04. The van der Waals surface area contributed by atoms with Crippen LogP contribution < -0.4 is 10.1 Å². The van der Waals surface area contributed by atoms with Crippen molar-refractivity contribution >= 4 is 35.1 Å². The topological polar surface area (TPSA) is 75.6 Å². The van der Waals surface area contributed by atoms with Crippen LogP contribution in [0.4, 0.5) is 0 Å². The van der Waals surface area contributed by atoms with E-state index < -0.39 is 17.8 Å². The van der Waals surface area contributed by atoms with Crippen molar-refractivity contribution in [3.63, 3.8) is 0 Å². The van der Waals surface area contributed by atoms with Crippen LogP contribution in [0.5, 0.6) is 5.75 Å². The van der Waals surface area contributed by atoms with E-state index in [1.54, 1.807) is 0 Å². The Morgan fingerprint density at radius 3 is 2.47 bits per heavy atom. The molecule has 0 fully saturated rings. The van der Waals surface area contributed by atoms with E-state index in [1.807, 2.05) is 0 Å². The Balaban J connectivity index is 2.87. The third-order valence-corrected chi connectivity index (χ3v) is 3.20. The lowest BCUT2D eigenvalue weighted by Gasteiger charge is -2.12. The Kier molecular flexibility index (Phi) is 5.44. The molecule has 2 N–H and O–H groups in total. The van der Waals surface area contributed by atoms with E-state index in [0.29, 0.717) is 0 Å². The number of carbonyl (C=O) groups is 2. The predicted octanol–water partition coefficient (Wildman–Crippen LogP) is 2.45. The minimum atomic E-state index is -0.985. The summed E-state index contributed by atoms with van der Waals surface area (Å²) in [5.74, 6) is -1.86. The van der Waals surface area contributed by atoms with E-state index in [0.717, 1.165) is 0 Å². The normalized spacial score (nSPS) is 11.8. The molecule has 1 amide bonds. The highest BCUT2D eigenvalue weighted by atomic mass is 35.5. The zero-order chi connectivity index (χ0) is 14.6. The molecule has 104 valence electrons. The van der Waals surface area contributed by atoms with Crippen LogP contribution in [0.3, 0.4) is 0 Å². The van der Waals surface area contributed by atoms with Crippen molar-refractivity contribution in [2.24, 2.45) is 5.92 Å². The van der Waals surface area contributed by atoms with Gasteiger partial charge in [-0.05, 0) is 6.07 Å². The number of rotatable bonds is 5. The number of carbonyl (C=O) groups excluding carboxylic acids is 1. The molecule has 1 aromatic rings. The summed E-state index contributed by atoms with van der Waals surface area (Å²) in [4.78, 5) is 22.6. The molecule has 5 nitrogen and oxygen atoms in total. The second kappa shape index (κ2) is 6.63.